The molecule has 0 heterocycles. The van der Waals surface area contributed by atoms with Gasteiger partial charge < -0.3 is 4.74 Å². The minimum absolute atomic E-state index is 0.0787. The lowest BCUT2D eigenvalue weighted by Crippen LogP contribution is -2.37. The maximum Gasteiger partial charge on any atom is 0.305 e. The highest BCUT2D eigenvalue weighted by molar-refractivity contribution is 5.69. The van der Waals surface area contributed by atoms with Crippen LogP contribution in [0.3, 0.4) is 0 Å². The number of carbonyl (C=O) groups excluding carboxylic acids is 1. The van der Waals surface area contributed by atoms with Crippen molar-refractivity contribution in [1.29, 1.82) is 0 Å². The summed E-state index contributed by atoms with van der Waals surface area (Å²) in [5.74, 6) is -0.0787. The molecule has 0 fully saturated rings. The van der Waals surface area contributed by atoms with Crippen LogP contribution in [0.2, 0.25) is 0 Å². The van der Waals surface area contributed by atoms with Crippen molar-refractivity contribution in [2.24, 2.45) is 0 Å². The zero-order valence-corrected chi connectivity index (χ0v) is 10.7. The fraction of sp³-hybridized carbons (Fsp3) is 0.917. The van der Waals surface area contributed by atoms with Gasteiger partial charge in [0.2, 0.25) is 0 Å². The minimum Gasteiger partial charge on any atom is -0.466 e. The van der Waals surface area contributed by atoms with Crippen LogP contribution in [0.15, 0.2) is 0 Å². The first-order chi connectivity index (χ1) is 6.99. The first-order valence-corrected chi connectivity index (χ1v) is 5.90. The molecule has 90 valence electrons. The van der Waals surface area contributed by atoms with E-state index in [9.17, 15) is 4.79 Å². The maximum atomic E-state index is 11.1. The van der Waals surface area contributed by atoms with Crippen LogP contribution < -0.4 is 0 Å². The average Bonchev–Trinajstić information content (AvgIpc) is 2.11. The van der Waals surface area contributed by atoms with Gasteiger partial charge in [-0.15, -0.1) is 0 Å². The molecule has 0 bridgehead atoms. The summed E-state index contributed by atoms with van der Waals surface area (Å²) in [5, 5.41) is 0. The summed E-state index contributed by atoms with van der Waals surface area (Å²) >= 11 is 0. The first-order valence-electron chi connectivity index (χ1n) is 5.90. The zero-order valence-electron chi connectivity index (χ0n) is 10.7. The SMILES string of the molecule is CCOC(=O)CCCN(C(C)C)C(C)C. The van der Waals surface area contributed by atoms with Crippen molar-refractivity contribution in [1.82, 2.24) is 4.90 Å². The van der Waals surface area contributed by atoms with Gasteiger partial charge in [-0.1, -0.05) is 0 Å². The molecule has 15 heavy (non-hydrogen) atoms. The van der Waals surface area contributed by atoms with Crippen LogP contribution in [0, 0.1) is 0 Å². The van der Waals surface area contributed by atoms with Crippen molar-refractivity contribution in [3.63, 3.8) is 0 Å². The molecule has 0 aliphatic carbocycles. The Bertz CT molecular complexity index is 170. The van der Waals surface area contributed by atoms with Crippen molar-refractivity contribution < 1.29 is 9.53 Å². The Morgan fingerprint density at radius 3 is 2.13 bits per heavy atom. The molecule has 0 spiro atoms. The van der Waals surface area contributed by atoms with Crippen LogP contribution in [0.1, 0.15) is 47.5 Å². The van der Waals surface area contributed by atoms with Gasteiger partial charge in [0.05, 0.1) is 6.61 Å². The summed E-state index contributed by atoms with van der Waals surface area (Å²) < 4.78 is 4.89. The van der Waals surface area contributed by atoms with Crippen LogP contribution in [-0.4, -0.2) is 36.1 Å². The summed E-state index contributed by atoms with van der Waals surface area (Å²) in [4.78, 5) is 13.5. The third-order valence-corrected chi connectivity index (χ3v) is 2.43. The molecule has 0 rings (SSSR count). The topological polar surface area (TPSA) is 29.5 Å². The van der Waals surface area contributed by atoms with E-state index in [2.05, 4.69) is 32.6 Å². The van der Waals surface area contributed by atoms with Gasteiger partial charge >= 0.3 is 5.97 Å². The van der Waals surface area contributed by atoms with E-state index >= 15 is 0 Å². The predicted octanol–water partition coefficient (Wildman–Crippen LogP) is 2.45. The van der Waals surface area contributed by atoms with Crippen LogP contribution in [0.4, 0.5) is 0 Å². The number of ether oxygens (including phenoxy) is 1. The van der Waals surface area contributed by atoms with Crippen molar-refractivity contribution in [3.05, 3.63) is 0 Å². The van der Waals surface area contributed by atoms with E-state index in [1.54, 1.807) is 0 Å². The van der Waals surface area contributed by atoms with Gasteiger partial charge in [0, 0.05) is 18.5 Å². The Labute approximate surface area is 93.8 Å². The third kappa shape index (κ3) is 6.50. The summed E-state index contributed by atoms with van der Waals surface area (Å²) in [5.41, 5.74) is 0. The lowest BCUT2D eigenvalue weighted by Gasteiger charge is -2.30. The Morgan fingerprint density at radius 1 is 1.20 bits per heavy atom. The molecule has 0 aliphatic heterocycles. The Kier molecular flexibility index (Phi) is 7.39. The lowest BCUT2D eigenvalue weighted by atomic mass is 10.2. The van der Waals surface area contributed by atoms with E-state index in [0.29, 0.717) is 25.1 Å². The van der Waals surface area contributed by atoms with E-state index in [1.807, 2.05) is 6.92 Å². The number of hydrogen-bond donors (Lipinski definition) is 0. The smallest absolute Gasteiger partial charge is 0.305 e. The van der Waals surface area contributed by atoms with E-state index in [1.165, 1.54) is 0 Å². The molecule has 0 amide bonds. The molecule has 0 saturated heterocycles. The molecule has 0 aromatic rings. The monoisotopic (exact) mass is 215 g/mol. The van der Waals surface area contributed by atoms with Crippen molar-refractivity contribution in [2.75, 3.05) is 13.2 Å². The molecule has 0 aromatic carbocycles. The highest BCUT2D eigenvalue weighted by atomic mass is 16.5. The van der Waals surface area contributed by atoms with Gasteiger partial charge in [0.15, 0.2) is 0 Å². The summed E-state index contributed by atoms with van der Waals surface area (Å²) in [6, 6.07) is 1.07. The fourth-order valence-corrected chi connectivity index (χ4v) is 1.75. The molecule has 0 atom stereocenters. The molecule has 0 unspecified atom stereocenters. The average molecular weight is 215 g/mol. The quantitative estimate of drug-likeness (QED) is 0.611. The minimum atomic E-state index is -0.0787. The van der Waals surface area contributed by atoms with E-state index in [4.69, 9.17) is 4.74 Å². The second-order valence-electron chi connectivity index (χ2n) is 4.33. The fourth-order valence-electron chi connectivity index (χ4n) is 1.75. The Morgan fingerprint density at radius 2 is 1.73 bits per heavy atom. The number of esters is 1. The summed E-state index contributed by atoms with van der Waals surface area (Å²) in [6.07, 6.45) is 1.42. The van der Waals surface area contributed by atoms with Crippen LogP contribution in [0.5, 0.6) is 0 Å². The molecular weight excluding hydrogens is 190 g/mol. The molecule has 3 heteroatoms. The summed E-state index contributed by atoms with van der Waals surface area (Å²) in [7, 11) is 0. The van der Waals surface area contributed by atoms with E-state index in [0.717, 1.165) is 13.0 Å². The number of nitrogens with zero attached hydrogens (tertiary/aromatic N) is 1. The van der Waals surface area contributed by atoms with E-state index < -0.39 is 0 Å². The standard InChI is InChI=1S/C12H25NO2/c1-6-15-12(14)8-7-9-13(10(2)3)11(4)5/h10-11H,6-9H2,1-5H3. The first kappa shape index (κ1) is 14.4. The lowest BCUT2D eigenvalue weighted by molar-refractivity contribution is -0.143. The number of hydrogen-bond acceptors (Lipinski definition) is 3. The van der Waals surface area contributed by atoms with Gasteiger partial charge in [-0.05, 0) is 47.6 Å². The Hall–Kier alpha value is -0.570. The van der Waals surface area contributed by atoms with Gasteiger partial charge in [0.25, 0.3) is 0 Å². The van der Waals surface area contributed by atoms with Crippen molar-refractivity contribution in [2.45, 2.75) is 59.5 Å². The van der Waals surface area contributed by atoms with E-state index in [-0.39, 0.29) is 5.97 Å². The molecule has 0 radical (unpaired) electrons. The molecule has 0 N–H and O–H groups in total. The maximum absolute atomic E-state index is 11.1. The van der Waals surface area contributed by atoms with Gasteiger partial charge in [-0.2, -0.15) is 0 Å². The van der Waals surface area contributed by atoms with Crippen LogP contribution in [-0.2, 0) is 9.53 Å². The zero-order chi connectivity index (χ0) is 11.8. The molecule has 0 saturated carbocycles. The highest BCUT2D eigenvalue weighted by Crippen LogP contribution is 2.07. The van der Waals surface area contributed by atoms with Crippen LogP contribution >= 0.6 is 0 Å². The Balaban J connectivity index is 3.76. The molecule has 3 nitrogen and oxygen atoms in total. The number of carbonyl (C=O) groups is 1. The van der Waals surface area contributed by atoms with Gasteiger partial charge in [-0.3, -0.25) is 9.69 Å². The van der Waals surface area contributed by atoms with Crippen LogP contribution in [0.25, 0.3) is 0 Å². The van der Waals surface area contributed by atoms with Gasteiger partial charge in [-0.25, -0.2) is 0 Å². The number of rotatable bonds is 7. The largest absolute Gasteiger partial charge is 0.466 e. The second-order valence-corrected chi connectivity index (χ2v) is 4.33. The second kappa shape index (κ2) is 7.69. The third-order valence-electron chi connectivity index (χ3n) is 2.43. The van der Waals surface area contributed by atoms with Crippen molar-refractivity contribution in [3.8, 4) is 0 Å². The molecule has 0 aliphatic rings. The molecular formula is C12H25NO2. The van der Waals surface area contributed by atoms with Gasteiger partial charge in [0.1, 0.15) is 0 Å². The van der Waals surface area contributed by atoms with Crippen molar-refractivity contribution >= 4 is 5.97 Å². The summed E-state index contributed by atoms with van der Waals surface area (Å²) in [6.45, 7) is 12.0. The normalized spacial score (nSPS) is 11.5. The predicted molar refractivity (Wildman–Crippen MR) is 62.8 cm³/mol. The highest BCUT2D eigenvalue weighted by Gasteiger charge is 2.13. The molecule has 0 aromatic heterocycles.